The highest BCUT2D eigenvalue weighted by Gasteiger charge is 2.23. The summed E-state index contributed by atoms with van der Waals surface area (Å²) in [7, 11) is 2.09. The van der Waals surface area contributed by atoms with E-state index in [2.05, 4.69) is 23.9 Å². The average Bonchev–Trinajstić information content (AvgIpc) is 1.95. The van der Waals surface area contributed by atoms with E-state index in [9.17, 15) is 4.79 Å². The van der Waals surface area contributed by atoms with Crippen LogP contribution in [0.25, 0.3) is 0 Å². The van der Waals surface area contributed by atoms with Crippen LogP contribution in [0.15, 0.2) is 4.99 Å². The molecule has 0 aromatic heterocycles. The van der Waals surface area contributed by atoms with Crippen molar-refractivity contribution >= 4 is 6.08 Å². The van der Waals surface area contributed by atoms with Crippen LogP contribution in [0.4, 0.5) is 0 Å². The third-order valence-corrected chi connectivity index (χ3v) is 2.28. The lowest BCUT2D eigenvalue weighted by atomic mass is 9.95. The molecule has 0 spiro atoms. The van der Waals surface area contributed by atoms with Gasteiger partial charge in [0.25, 0.3) is 0 Å². The molecular weight excluding hydrogens is 140 g/mol. The predicted octanol–water partition coefficient (Wildman–Crippen LogP) is 0.662. The van der Waals surface area contributed by atoms with Gasteiger partial charge in [0.05, 0.1) is 6.04 Å². The molecule has 2 unspecified atom stereocenters. The molecule has 0 amide bonds. The molecule has 11 heavy (non-hydrogen) atoms. The maximum atomic E-state index is 9.99. The molecule has 0 aromatic carbocycles. The first-order chi connectivity index (χ1) is 5.24. The molecule has 62 valence electrons. The highest BCUT2D eigenvalue weighted by atomic mass is 16.1. The fourth-order valence-corrected chi connectivity index (χ4v) is 1.60. The summed E-state index contributed by atoms with van der Waals surface area (Å²) in [5.41, 5.74) is 0. The fraction of sp³-hybridized carbons (Fsp3) is 0.875. The second-order valence-electron chi connectivity index (χ2n) is 3.32. The molecule has 1 saturated heterocycles. The van der Waals surface area contributed by atoms with E-state index in [-0.39, 0.29) is 6.04 Å². The Balaban J connectivity index is 2.50. The summed E-state index contributed by atoms with van der Waals surface area (Å²) in [6.07, 6.45) is 2.63. The van der Waals surface area contributed by atoms with Gasteiger partial charge in [-0.2, -0.15) is 0 Å². The SMILES string of the molecule is CC1CN(C)CCC1N=C=O. The summed E-state index contributed by atoms with van der Waals surface area (Å²) in [4.78, 5) is 16.0. The predicted molar refractivity (Wildman–Crippen MR) is 43.2 cm³/mol. The molecule has 1 rings (SSSR count). The first-order valence-electron chi connectivity index (χ1n) is 3.99. The number of rotatable bonds is 1. The van der Waals surface area contributed by atoms with Crippen molar-refractivity contribution in [2.75, 3.05) is 20.1 Å². The van der Waals surface area contributed by atoms with Crippen LogP contribution in [0.3, 0.4) is 0 Å². The number of isocyanates is 1. The molecule has 1 heterocycles. The van der Waals surface area contributed by atoms with E-state index in [4.69, 9.17) is 0 Å². The number of hydrogen-bond acceptors (Lipinski definition) is 3. The largest absolute Gasteiger partial charge is 0.306 e. The second kappa shape index (κ2) is 3.65. The zero-order valence-corrected chi connectivity index (χ0v) is 7.08. The zero-order chi connectivity index (χ0) is 8.27. The summed E-state index contributed by atoms with van der Waals surface area (Å²) < 4.78 is 0. The lowest BCUT2D eigenvalue weighted by molar-refractivity contribution is 0.198. The van der Waals surface area contributed by atoms with Gasteiger partial charge >= 0.3 is 0 Å². The first kappa shape index (κ1) is 8.44. The number of aliphatic imine (C=N–C) groups is 1. The summed E-state index contributed by atoms with van der Waals surface area (Å²) in [6.45, 7) is 4.21. The molecule has 0 saturated carbocycles. The standard InChI is InChI=1S/C8H14N2O/c1-7-5-10(2)4-3-8(7)9-6-11/h7-8H,3-5H2,1-2H3. The monoisotopic (exact) mass is 154 g/mol. The molecular formula is C8H14N2O. The molecule has 0 aliphatic carbocycles. The van der Waals surface area contributed by atoms with Gasteiger partial charge in [-0.15, -0.1) is 0 Å². The van der Waals surface area contributed by atoms with Crippen molar-refractivity contribution in [2.45, 2.75) is 19.4 Å². The van der Waals surface area contributed by atoms with Gasteiger partial charge in [-0.1, -0.05) is 6.92 Å². The van der Waals surface area contributed by atoms with E-state index in [0.29, 0.717) is 5.92 Å². The van der Waals surface area contributed by atoms with Gasteiger partial charge < -0.3 is 4.90 Å². The number of hydrogen-bond donors (Lipinski definition) is 0. The quantitative estimate of drug-likeness (QED) is 0.410. The molecule has 1 aliphatic heterocycles. The summed E-state index contributed by atoms with van der Waals surface area (Å²) in [5.74, 6) is 0.496. The minimum absolute atomic E-state index is 0.212. The van der Waals surface area contributed by atoms with Crippen LogP contribution in [0.2, 0.25) is 0 Å². The Morgan fingerprint density at radius 1 is 1.64 bits per heavy atom. The second-order valence-corrected chi connectivity index (χ2v) is 3.32. The molecule has 0 bridgehead atoms. The Labute approximate surface area is 67.1 Å². The Bertz CT molecular complexity index is 175. The van der Waals surface area contributed by atoms with Crippen molar-refractivity contribution in [3.05, 3.63) is 0 Å². The van der Waals surface area contributed by atoms with Gasteiger partial charge in [-0.25, -0.2) is 9.79 Å². The van der Waals surface area contributed by atoms with Crippen LogP contribution >= 0.6 is 0 Å². The van der Waals surface area contributed by atoms with Crippen LogP contribution in [-0.4, -0.2) is 37.2 Å². The number of likely N-dealkylation sites (tertiary alicyclic amines) is 1. The summed E-state index contributed by atoms with van der Waals surface area (Å²) >= 11 is 0. The van der Waals surface area contributed by atoms with Gasteiger partial charge in [0.2, 0.25) is 6.08 Å². The summed E-state index contributed by atoms with van der Waals surface area (Å²) in [5, 5.41) is 0. The molecule has 3 heteroatoms. The summed E-state index contributed by atoms with van der Waals surface area (Å²) in [6, 6.07) is 0.212. The van der Waals surface area contributed by atoms with Crippen LogP contribution < -0.4 is 0 Å². The van der Waals surface area contributed by atoms with Crippen molar-refractivity contribution in [3.63, 3.8) is 0 Å². The molecule has 1 aliphatic rings. The van der Waals surface area contributed by atoms with E-state index in [0.717, 1.165) is 19.5 Å². The van der Waals surface area contributed by atoms with E-state index >= 15 is 0 Å². The normalized spacial score (nSPS) is 32.9. The minimum Gasteiger partial charge on any atom is -0.306 e. The van der Waals surface area contributed by atoms with Crippen molar-refractivity contribution in [1.82, 2.24) is 4.90 Å². The molecule has 3 nitrogen and oxygen atoms in total. The van der Waals surface area contributed by atoms with Gasteiger partial charge in [0, 0.05) is 6.54 Å². The third-order valence-electron chi connectivity index (χ3n) is 2.28. The zero-order valence-electron chi connectivity index (χ0n) is 7.08. The van der Waals surface area contributed by atoms with E-state index < -0.39 is 0 Å². The van der Waals surface area contributed by atoms with Crippen LogP contribution in [-0.2, 0) is 4.79 Å². The van der Waals surface area contributed by atoms with Crippen molar-refractivity contribution < 1.29 is 4.79 Å². The van der Waals surface area contributed by atoms with Gasteiger partial charge in [-0.3, -0.25) is 0 Å². The Morgan fingerprint density at radius 3 is 2.91 bits per heavy atom. The maximum Gasteiger partial charge on any atom is 0.235 e. The van der Waals surface area contributed by atoms with Crippen molar-refractivity contribution in [3.8, 4) is 0 Å². The first-order valence-corrected chi connectivity index (χ1v) is 3.99. The lowest BCUT2D eigenvalue weighted by Crippen LogP contribution is -2.38. The van der Waals surface area contributed by atoms with Gasteiger partial charge in [-0.05, 0) is 25.9 Å². The van der Waals surface area contributed by atoms with E-state index in [1.54, 1.807) is 6.08 Å². The Kier molecular flexibility index (Phi) is 2.80. The van der Waals surface area contributed by atoms with Gasteiger partial charge in [0.1, 0.15) is 0 Å². The fourth-order valence-electron chi connectivity index (χ4n) is 1.60. The third kappa shape index (κ3) is 2.14. The van der Waals surface area contributed by atoms with Crippen LogP contribution in [0.1, 0.15) is 13.3 Å². The number of carbonyl (C=O) groups excluding carboxylic acids is 1. The number of nitrogens with zero attached hydrogens (tertiary/aromatic N) is 2. The molecule has 1 fully saturated rings. The lowest BCUT2D eigenvalue weighted by Gasteiger charge is -2.31. The molecule has 2 atom stereocenters. The molecule has 0 N–H and O–H groups in total. The maximum absolute atomic E-state index is 9.99. The van der Waals surface area contributed by atoms with Crippen LogP contribution in [0, 0.1) is 5.92 Å². The van der Waals surface area contributed by atoms with Crippen LogP contribution in [0.5, 0.6) is 0 Å². The van der Waals surface area contributed by atoms with Gasteiger partial charge in [0.15, 0.2) is 0 Å². The Hall–Kier alpha value is -0.660. The minimum atomic E-state index is 0.212. The van der Waals surface area contributed by atoms with E-state index in [1.807, 2.05) is 0 Å². The molecule has 0 aromatic rings. The average molecular weight is 154 g/mol. The van der Waals surface area contributed by atoms with E-state index in [1.165, 1.54) is 0 Å². The number of piperidine rings is 1. The highest BCUT2D eigenvalue weighted by Crippen LogP contribution is 2.17. The molecule has 0 radical (unpaired) electrons. The van der Waals surface area contributed by atoms with Crippen molar-refractivity contribution in [2.24, 2.45) is 10.9 Å². The smallest absolute Gasteiger partial charge is 0.235 e. The topological polar surface area (TPSA) is 32.7 Å². The van der Waals surface area contributed by atoms with Crippen molar-refractivity contribution in [1.29, 1.82) is 0 Å². The highest BCUT2D eigenvalue weighted by molar-refractivity contribution is 5.33. The Morgan fingerprint density at radius 2 is 2.36 bits per heavy atom.